The van der Waals surface area contributed by atoms with Gasteiger partial charge in [0.15, 0.2) is 5.82 Å². The molecule has 0 aliphatic heterocycles. The summed E-state index contributed by atoms with van der Waals surface area (Å²) in [4.78, 5) is 9.38. The number of halogens is 2. The monoisotopic (exact) mass is 372 g/mol. The summed E-state index contributed by atoms with van der Waals surface area (Å²) in [6, 6.07) is 0. The highest BCUT2D eigenvalue weighted by atomic mass is 79.9. The number of ether oxygens (including phenoxy) is 1. The van der Waals surface area contributed by atoms with Gasteiger partial charge in [0, 0.05) is 13.0 Å². The zero-order chi connectivity index (χ0) is 15.3. The molecule has 2 fully saturated rings. The zero-order valence-corrected chi connectivity index (χ0v) is 15.2. The van der Waals surface area contributed by atoms with Gasteiger partial charge >= 0.3 is 0 Å². The summed E-state index contributed by atoms with van der Waals surface area (Å²) in [5, 5.41) is 0.517. The molecule has 2 aliphatic rings. The quantitative estimate of drug-likeness (QED) is 0.682. The minimum Gasteiger partial charge on any atom is -0.370 e. The molecule has 3 nitrogen and oxygen atoms in total. The molecule has 21 heavy (non-hydrogen) atoms. The topological polar surface area (TPSA) is 35.0 Å². The molecule has 0 aromatic carbocycles. The molecule has 0 N–H and O–H groups in total. The van der Waals surface area contributed by atoms with Gasteiger partial charge in [-0.05, 0) is 59.9 Å². The molecule has 0 unspecified atom stereocenters. The first-order chi connectivity index (χ1) is 9.87. The number of hydrogen-bond donors (Lipinski definition) is 0. The highest BCUT2D eigenvalue weighted by Crippen LogP contribution is 2.48. The van der Waals surface area contributed by atoms with E-state index in [2.05, 4.69) is 34.8 Å². The van der Waals surface area contributed by atoms with Crippen LogP contribution in [0.1, 0.15) is 69.8 Å². The van der Waals surface area contributed by atoms with Gasteiger partial charge in [-0.15, -0.1) is 0 Å². The molecule has 0 saturated heterocycles. The second-order valence-electron chi connectivity index (χ2n) is 7.17. The van der Waals surface area contributed by atoms with E-state index in [4.69, 9.17) is 21.3 Å². The van der Waals surface area contributed by atoms with Gasteiger partial charge in [-0.25, -0.2) is 9.97 Å². The normalized spacial score (nSPS) is 24.0. The van der Waals surface area contributed by atoms with Crippen LogP contribution in [0.5, 0.6) is 0 Å². The first-order valence-corrected chi connectivity index (χ1v) is 8.83. The molecule has 5 heteroatoms. The van der Waals surface area contributed by atoms with Crippen molar-refractivity contribution in [1.82, 2.24) is 9.97 Å². The number of rotatable bonds is 3. The van der Waals surface area contributed by atoms with Gasteiger partial charge in [0.25, 0.3) is 0 Å². The minimum atomic E-state index is -0.372. The van der Waals surface area contributed by atoms with Crippen molar-refractivity contribution < 1.29 is 4.74 Å². The van der Waals surface area contributed by atoms with Gasteiger partial charge in [-0.1, -0.05) is 25.4 Å². The largest absolute Gasteiger partial charge is 0.370 e. The van der Waals surface area contributed by atoms with Crippen LogP contribution in [0.3, 0.4) is 0 Å². The van der Waals surface area contributed by atoms with E-state index in [0.29, 0.717) is 16.5 Å². The van der Waals surface area contributed by atoms with E-state index in [0.717, 1.165) is 41.7 Å². The van der Waals surface area contributed by atoms with Gasteiger partial charge in [0.2, 0.25) is 0 Å². The van der Waals surface area contributed by atoms with Crippen LogP contribution >= 0.6 is 27.5 Å². The summed E-state index contributed by atoms with van der Waals surface area (Å²) >= 11 is 9.87. The van der Waals surface area contributed by atoms with Crippen LogP contribution in [0.15, 0.2) is 4.47 Å². The Labute approximate surface area is 140 Å². The zero-order valence-electron chi connectivity index (χ0n) is 12.9. The Kier molecular flexibility index (Phi) is 4.09. The summed E-state index contributed by atoms with van der Waals surface area (Å²) in [6.07, 6.45) is 6.54. The van der Waals surface area contributed by atoms with Crippen LogP contribution in [0.2, 0.25) is 5.15 Å². The molecule has 0 spiro atoms. The average Bonchev–Trinajstić information content (AvgIpc) is 3.27. The SMILES string of the molecule is COC1(c2nc(Cl)c(Br)c(C3CC3)n2)CCC(C)(C)CC1. The van der Waals surface area contributed by atoms with Crippen LogP contribution in [0, 0.1) is 5.41 Å². The van der Waals surface area contributed by atoms with E-state index in [1.54, 1.807) is 7.11 Å². The number of hydrogen-bond acceptors (Lipinski definition) is 3. The molecule has 116 valence electrons. The average molecular weight is 374 g/mol. The molecule has 1 aromatic heterocycles. The summed E-state index contributed by atoms with van der Waals surface area (Å²) < 4.78 is 6.77. The van der Waals surface area contributed by atoms with Crippen molar-refractivity contribution in [3.63, 3.8) is 0 Å². The molecule has 1 aromatic rings. The van der Waals surface area contributed by atoms with Crippen LogP contribution in [0.25, 0.3) is 0 Å². The lowest BCUT2D eigenvalue weighted by atomic mass is 9.70. The maximum absolute atomic E-state index is 6.33. The Bertz CT molecular complexity index is 547. The molecule has 1 heterocycles. The Hall–Kier alpha value is -0.190. The third-order valence-corrected chi connectivity index (χ3v) is 6.29. The molecule has 0 bridgehead atoms. The van der Waals surface area contributed by atoms with Crippen molar-refractivity contribution in [3.8, 4) is 0 Å². The van der Waals surface area contributed by atoms with E-state index in [1.807, 2.05) is 0 Å². The summed E-state index contributed by atoms with van der Waals surface area (Å²) in [7, 11) is 1.77. The number of nitrogens with zero attached hydrogens (tertiary/aromatic N) is 2. The van der Waals surface area contributed by atoms with E-state index in [-0.39, 0.29) is 5.60 Å². The third kappa shape index (κ3) is 2.99. The van der Waals surface area contributed by atoms with Gasteiger partial charge in [0.05, 0.1) is 10.2 Å². The summed E-state index contributed by atoms with van der Waals surface area (Å²) in [6.45, 7) is 4.63. The smallest absolute Gasteiger partial charge is 0.162 e. The molecule has 0 atom stereocenters. The second kappa shape index (κ2) is 5.47. The van der Waals surface area contributed by atoms with Crippen LogP contribution in [0.4, 0.5) is 0 Å². The van der Waals surface area contributed by atoms with Crippen molar-refractivity contribution in [2.75, 3.05) is 7.11 Å². The lowest BCUT2D eigenvalue weighted by molar-refractivity contribution is -0.0730. The molecule has 0 amide bonds. The van der Waals surface area contributed by atoms with Gasteiger partial charge in [-0.2, -0.15) is 0 Å². The Morgan fingerprint density at radius 3 is 2.29 bits per heavy atom. The van der Waals surface area contributed by atoms with Gasteiger partial charge < -0.3 is 4.74 Å². The lowest BCUT2D eigenvalue weighted by Gasteiger charge is -2.41. The van der Waals surface area contributed by atoms with Crippen molar-refractivity contribution in [3.05, 3.63) is 21.1 Å². The maximum Gasteiger partial charge on any atom is 0.162 e. The van der Waals surface area contributed by atoms with E-state index in [1.165, 1.54) is 12.8 Å². The van der Waals surface area contributed by atoms with Crippen LogP contribution in [-0.4, -0.2) is 17.1 Å². The number of methoxy groups -OCH3 is 1. The third-order valence-electron chi connectivity index (χ3n) is 5.01. The summed E-state index contributed by atoms with van der Waals surface area (Å²) in [5.74, 6) is 1.31. The second-order valence-corrected chi connectivity index (χ2v) is 8.33. The molecule has 2 aliphatic carbocycles. The minimum absolute atomic E-state index is 0.372. The fourth-order valence-corrected chi connectivity index (χ4v) is 3.79. The number of aromatic nitrogens is 2. The highest BCUT2D eigenvalue weighted by molar-refractivity contribution is 9.10. The van der Waals surface area contributed by atoms with E-state index in [9.17, 15) is 0 Å². The molecular weight excluding hydrogens is 352 g/mol. The fraction of sp³-hybridized carbons (Fsp3) is 0.750. The standard InChI is InChI=1S/C16H22BrClN2O/c1-15(2)6-8-16(21-3,9-7-15)14-19-12(10-4-5-10)11(17)13(18)20-14/h10H,4-9H2,1-3H3. The summed E-state index contributed by atoms with van der Waals surface area (Å²) in [5.41, 5.74) is 1.07. The molecular formula is C16H22BrClN2O. The van der Waals surface area contributed by atoms with Crippen molar-refractivity contribution >= 4 is 27.5 Å². The predicted octanol–water partition coefficient (Wildman–Crippen LogP) is 5.21. The molecule has 2 saturated carbocycles. The van der Waals surface area contributed by atoms with Gasteiger partial charge in [0.1, 0.15) is 10.8 Å². The van der Waals surface area contributed by atoms with Crippen molar-refractivity contribution in [1.29, 1.82) is 0 Å². The highest BCUT2D eigenvalue weighted by Gasteiger charge is 2.43. The predicted molar refractivity (Wildman–Crippen MR) is 87.7 cm³/mol. The fourth-order valence-electron chi connectivity index (χ4n) is 3.12. The first-order valence-electron chi connectivity index (χ1n) is 7.65. The van der Waals surface area contributed by atoms with E-state index >= 15 is 0 Å². The van der Waals surface area contributed by atoms with Crippen molar-refractivity contribution in [2.24, 2.45) is 5.41 Å². The first kappa shape index (κ1) is 15.7. The Morgan fingerprint density at radius 1 is 1.14 bits per heavy atom. The Balaban J connectivity index is 1.98. The van der Waals surface area contributed by atoms with E-state index < -0.39 is 0 Å². The maximum atomic E-state index is 6.33. The van der Waals surface area contributed by atoms with Crippen LogP contribution in [-0.2, 0) is 10.3 Å². The molecule has 0 radical (unpaired) electrons. The van der Waals surface area contributed by atoms with Crippen LogP contribution < -0.4 is 0 Å². The lowest BCUT2D eigenvalue weighted by Crippen LogP contribution is -2.38. The molecule has 3 rings (SSSR count). The van der Waals surface area contributed by atoms with Crippen molar-refractivity contribution in [2.45, 2.75) is 63.9 Å². The Morgan fingerprint density at radius 2 is 1.76 bits per heavy atom. The van der Waals surface area contributed by atoms with Gasteiger partial charge in [-0.3, -0.25) is 0 Å².